The van der Waals surface area contributed by atoms with Crippen LogP contribution in [0, 0.1) is 0 Å². The molecule has 25 heavy (non-hydrogen) atoms. The summed E-state index contributed by atoms with van der Waals surface area (Å²) in [5.41, 5.74) is 1.50. The van der Waals surface area contributed by atoms with Crippen LogP contribution in [0.3, 0.4) is 0 Å². The number of carbonyl (C=O) groups is 1. The van der Waals surface area contributed by atoms with E-state index in [1.54, 1.807) is 38.6 Å². The summed E-state index contributed by atoms with van der Waals surface area (Å²) in [6.07, 6.45) is 7.58. The number of nitrogens with one attached hydrogen (secondary N) is 1. The van der Waals surface area contributed by atoms with Crippen LogP contribution in [0.2, 0.25) is 0 Å². The van der Waals surface area contributed by atoms with Crippen molar-refractivity contribution in [1.29, 1.82) is 0 Å². The molecule has 1 saturated heterocycles. The third-order valence-electron chi connectivity index (χ3n) is 3.98. The molecule has 1 aliphatic rings. The normalized spacial score (nSPS) is 17.0. The zero-order valence-corrected chi connectivity index (χ0v) is 14.3. The number of rotatable bonds is 6. The average Bonchev–Trinajstić information content (AvgIpc) is 3.31. The van der Waals surface area contributed by atoms with Crippen molar-refractivity contribution in [3.05, 3.63) is 42.2 Å². The number of hydrogen-bond donors (Lipinski definition) is 1. The van der Waals surface area contributed by atoms with Crippen LogP contribution in [0.4, 0.5) is 5.69 Å². The lowest BCUT2D eigenvalue weighted by Gasteiger charge is -2.07. The number of methoxy groups -OCH3 is 2. The molecule has 2 aromatic rings. The van der Waals surface area contributed by atoms with Crippen LogP contribution in [0.25, 0.3) is 6.08 Å². The Hall–Kier alpha value is -2.80. The lowest BCUT2D eigenvalue weighted by molar-refractivity contribution is -0.111. The number of anilines is 1. The third kappa shape index (κ3) is 4.19. The van der Waals surface area contributed by atoms with Gasteiger partial charge in [0.15, 0.2) is 11.5 Å². The van der Waals surface area contributed by atoms with Crippen molar-refractivity contribution in [2.45, 2.75) is 12.5 Å². The van der Waals surface area contributed by atoms with Gasteiger partial charge in [0.1, 0.15) is 0 Å². The number of ether oxygens (including phenoxy) is 3. The Kier molecular flexibility index (Phi) is 5.35. The third-order valence-corrected chi connectivity index (χ3v) is 3.98. The second kappa shape index (κ2) is 7.85. The summed E-state index contributed by atoms with van der Waals surface area (Å²) in [6.45, 7) is 1.41. The van der Waals surface area contributed by atoms with E-state index in [2.05, 4.69) is 10.4 Å². The molecule has 0 unspecified atom stereocenters. The highest BCUT2D eigenvalue weighted by atomic mass is 16.5. The van der Waals surface area contributed by atoms with E-state index in [1.165, 1.54) is 6.08 Å². The monoisotopic (exact) mass is 343 g/mol. The van der Waals surface area contributed by atoms with Crippen LogP contribution in [0.5, 0.6) is 11.5 Å². The van der Waals surface area contributed by atoms with Crippen molar-refractivity contribution >= 4 is 17.7 Å². The van der Waals surface area contributed by atoms with Crippen molar-refractivity contribution in [1.82, 2.24) is 9.78 Å². The molecule has 1 fully saturated rings. The van der Waals surface area contributed by atoms with Crippen LogP contribution >= 0.6 is 0 Å². The lowest BCUT2D eigenvalue weighted by atomic mass is 10.2. The molecule has 7 heteroatoms. The van der Waals surface area contributed by atoms with Crippen LogP contribution < -0.4 is 14.8 Å². The molecule has 1 aromatic carbocycles. The lowest BCUT2D eigenvalue weighted by Crippen LogP contribution is -2.09. The minimum absolute atomic E-state index is 0.225. The van der Waals surface area contributed by atoms with Gasteiger partial charge in [-0.1, -0.05) is 6.07 Å². The van der Waals surface area contributed by atoms with Crippen LogP contribution in [-0.2, 0) is 9.53 Å². The van der Waals surface area contributed by atoms with Crippen LogP contribution in [0.1, 0.15) is 18.0 Å². The van der Waals surface area contributed by atoms with Crippen LogP contribution in [-0.4, -0.2) is 43.1 Å². The van der Waals surface area contributed by atoms with Crippen molar-refractivity contribution in [3.63, 3.8) is 0 Å². The Morgan fingerprint density at radius 1 is 1.36 bits per heavy atom. The maximum Gasteiger partial charge on any atom is 0.248 e. The van der Waals surface area contributed by atoms with Crippen molar-refractivity contribution < 1.29 is 19.0 Å². The van der Waals surface area contributed by atoms with Gasteiger partial charge in [-0.3, -0.25) is 9.48 Å². The first kappa shape index (κ1) is 17.0. The molecule has 1 N–H and O–H groups in total. The second-order valence-electron chi connectivity index (χ2n) is 5.66. The number of hydrogen-bond acceptors (Lipinski definition) is 5. The van der Waals surface area contributed by atoms with Crippen molar-refractivity contribution in [3.8, 4) is 11.5 Å². The molecule has 0 radical (unpaired) electrons. The molecule has 1 atom stereocenters. The minimum Gasteiger partial charge on any atom is -0.493 e. The number of aromatic nitrogens is 2. The molecule has 0 spiro atoms. The van der Waals surface area contributed by atoms with Crippen molar-refractivity contribution in [2.24, 2.45) is 0 Å². The number of nitrogens with zero attached hydrogens (tertiary/aromatic N) is 2. The first-order valence-electron chi connectivity index (χ1n) is 8.02. The van der Waals surface area contributed by atoms with E-state index in [1.807, 2.05) is 16.9 Å². The Balaban J connectivity index is 1.61. The highest BCUT2D eigenvalue weighted by Crippen LogP contribution is 2.28. The molecule has 1 aliphatic heterocycles. The average molecular weight is 343 g/mol. The Labute approximate surface area is 146 Å². The standard InChI is InChI=1S/C18H21N3O4/c1-23-16-5-3-13(9-17(16)24-2)4-6-18(22)20-14-10-19-21(11-14)15-7-8-25-12-15/h3-6,9-11,15H,7-8,12H2,1-2H3,(H,20,22)/b6-4+/t15-/m0/s1. The quantitative estimate of drug-likeness (QED) is 0.816. The van der Waals surface area contributed by atoms with E-state index >= 15 is 0 Å². The van der Waals surface area contributed by atoms with Gasteiger partial charge in [0, 0.05) is 18.9 Å². The Morgan fingerprint density at radius 2 is 2.20 bits per heavy atom. The fourth-order valence-electron chi connectivity index (χ4n) is 2.65. The van der Waals surface area contributed by atoms with Gasteiger partial charge in [0.05, 0.1) is 38.8 Å². The fourth-order valence-corrected chi connectivity index (χ4v) is 2.65. The predicted molar refractivity (Wildman–Crippen MR) is 93.9 cm³/mol. The maximum atomic E-state index is 12.1. The molecule has 132 valence electrons. The van der Waals surface area contributed by atoms with Gasteiger partial charge >= 0.3 is 0 Å². The van der Waals surface area contributed by atoms with Crippen LogP contribution in [0.15, 0.2) is 36.7 Å². The van der Waals surface area contributed by atoms with Gasteiger partial charge < -0.3 is 19.5 Å². The molecular weight excluding hydrogens is 322 g/mol. The van der Waals surface area contributed by atoms with E-state index in [-0.39, 0.29) is 11.9 Å². The maximum absolute atomic E-state index is 12.1. The molecule has 7 nitrogen and oxygen atoms in total. The summed E-state index contributed by atoms with van der Waals surface area (Å²) in [4.78, 5) is 12.1. The fraction of sp³-hybridized carbons (Fsp3) is 0.333. The summed E-state index contributed by atoms with van der Waals surface area (Å²) in [5, 5.41) is 7.08. The summed E-state index contributed by atoms with van der Waals surface area (Å²) >= 11 is 0. The van der Waals surface area contributed by atoms with Crippen molar-refractivity contribution in [2.75, 3.05) is 32.8 Å². The van der Waals surface area contributed by atoms with Gasteiger partial charge in [0.25, 0.3) is 0 Å². The SMILES string of the molecule is COc1ccc(/C=C/C(=O)Nc2cnn([C@H]3CCOC3)c2)cc1OC. The molecule has 1 aromatic heterocycles. The summed E-state index contributed by atoms with van der Waals surface area (Å²) in [6, 6.07) is 5.70. The number of carbonyl (C=O) groups excluding carboxylic acids is 1. The summed E-state index contributed by atoms with van der Waals surface area (Å²) in [5.74, 6) is 1.04. The molecule has 0 saturated carbocycles. The molecule has 2 heterocycles. The molecule has 0 aliphatic carbocycles. The first-order chi connectivity index (χ1) is 12.2. The number of benzene rings is 1. The van der Waals surface area contributed by atoms with E-state index in [9.17, 15) is 4.79 Å². The number of amides is 1. The van der Waals surface area contributed by atoms with Gasteiger partial charge in [-0.05, 0) is 30.2 Å². The minimum atomic E-state index is -0.225. The molecule has 3 rings (SSSR count). The van der Waals surface area contributed by atoms with Gasteiger partial charge in [-0.15, -0.1) is 0 Å². The van der Waals surface area contributed by atoms with E-state index in [4.69, 9.17) is 14.2 Å². The predicted octanol–water partition coefficient (Wildman–Crippen LogP) is 2.51. The largest absolute Gasteiger partial charge is 0.493 e. The molecule has 1 amide bonds. The Morgan fingerprint density at radius 3 is 2.92 bits per heavy atom. The smallest absolute Gasteiger partial charge is 0.248 e. The first-order valence-corrected chi connectivity index (χ1v) is 8.02. The topological polar surface area (TPSA) is 74.6 Å². The van der Waals surface area contributed by atoms with Gasteiger partial charge in [0.2, 0.25) is 5.91 Å². The molecular formula is C18H21N3O4. The van der Waals surface area contributed by atoms with E-state index < -0.39 is 0 Å². The zero-order chi connectivity index (χ0) is 17.6. The molecule has 0 bridgehead atoms. The highest BCUT2D eigenvalue weighted by molar-refractivity contribution is 6.01. The second-order valence-corrected chi connectivity index (χ2v) is 5.66. The Bertz CT molecular complexity index is 763. The van der Waals surface area contributed by atoms with E-state index in [0.717, 1.165) is 18.6 Å². The zero-order valence-electron chi connectivity index (χ0n) is 14.3. The highest BCUT2D eigenvalue weighted by Gasteiger charge is 2.18. The summed E-state index contributed by atoms with van der Waals surface area (Å²) < 4.78 is 17.6. The van der Waals surface area contributed by atoms with E-state index in [0.29, 0.717) is 23.8 Å². The van der Waals surface area contributed by atoms with Gasteiger partial charge in [-0.25, -0.2) is 0 Å². The summed E-state index contributed by atoms with van der Waals surface area (Å²) in [7, 11) is 3.16. The van der Waals surface area contributed by atoms with Gasteiger partial charge in [-0.2, -0.15) is 5.10 Å².